The van der Waals surface area contributed by atoms with Crippen molar-refractivity contribution < 1.29 is 19.4 Å². The Morgan fingerprint density at radius 1 is 1.67 bits per heavy atom. The largest absolute Gasteiger partial charge is 0.480 e. The molecule has 0 unspecified atom stereocenters. The van der Waals surface area contributed by atoms with Crippen LogP contribution in [0, 0.1) is 0 Å². The van der Waals surface area contributed by atoms with Gasteiger partial charge in [-0.1, -0.05) is 6.08 Å². The highest BCUT2D eigenvalue weighted by Crippen LogP contribution is 1.68. The predicted molar refractivity (Wildman–Crippen MR) is 43.9 cm³/mol. The van der Waals surface area contributed by atoms with Crippen molar-refractivity contribution in [1.29, 1.82) is 0 Å². The zero-order valence-electron chi connectivity index (χ0n) is 7.16. The van der Waals surface area contributed by atoms with E-state index in [0.717, 1.165) is 7.11 Å². The molecular weight excluding hydrogens is 162 g/mol. The molecule has 0 heterocycles. The van der Waals surface area contributed by atoms with Crippen molar-refractivity contribution in [2.24, 2.45) is 0 Å². The highest BCUT2D eigenvalue weighted by Gasteiger charge is 1.99. The number of methoxy groups -OCH3 is 1. The number of carbonyl (C=O) groups is 2. The number of alkyl carbamates (subject to hydrolysis) is 1. The number of carbonyl (C=O) groups excluding carboxylic acids is 1. The molecule has 0 radical (unpaired) electrons. The maximum Gasteiger partial charge on any atom is 0.407 e. The van der Waals surface area contributed by atoms with Crippen LogP contribution in [-0.2, 0) is 9.53 Å². The van der Waals surface area contributed by atoms with Crippen molar-refractivity contribution in [2.75, 3.05) is 13.7 Å². The summed E-state index contributed by atoms with van der Waals surface area (Å²) in [6.07, 6.45) is 1.01. The van der Waals surface area contributed by atoms with E-state index in [4.69, 9.17) is 5.11 Å². The molecule has 1 amide bonds. The van der Waals surface area contributed by atoms with Crippen LogP contribution in [0.2, 0.25) is 0 Å². The van der Waals surface area contributed by atoms with Crippen LogP contribution in [0.25, 0.3) is 0 Å². The van der Waals surface area contributed by atoms with Gasteiger partial charge in [-0.25, -0.2) is 4.79 Å². The van der Waals surface area contributed by atoms with Crippen molar-refractivity contribution in [3.05, 3.63) is 12.7 Å². The number of amides is 1. The molecule has 0 atom stereocenters. The van der Waals surface area contributed by atoms with Gasteiger partial charge in [0.25, 0.3) is 0 Å². The van der Waals surface area contributed by atoms with Crippen LogP contribution in [0.5, 0.6) is 0 Å². The Balaban J connectivity index is 0. The molecule has 0 aliphatic heterocycles. The average molecular weight is 175 g/mol. The van der Waals surface area contributed by atoms with E-state index in [2.05, 4.69) is 11.3 Å². The van der Waals surface area contributed by atoms with Crippen molar-refractivity contribution in [2.45, 2.75) is 6.92 Å². The Morgan fingerprint density at radius 2 is 2.08 bits per heavy atom. The van der Waals surface area contributed by atoms with Crippen molar-refractivity contribution in [3.63, 3.8) is 0 Å². The molecule has 0 aromatic rings. The first-order valence-electron chi connectivity index (χ1n) is 3.19. The molecule has 5 heteroatoms. The lowest BCUT2D eigenvalue weighted by Gasteiger charge is -1.96. The van der Waals surface area contributed by atoms with Crippen LogP contribution in [0.3, 0.4) is 0 Å². The van der Waals surface area contributed by atoms with Crippen molar-refractivity contribution in [3.8, 4) is 0 Å². The Hall–Kier alpha value is -1.52. The third-order valence-electron chi connectivity index (χ3n) is 0.569. The second kappa shape index (κ2) is 9.48. The zero-order valence-corrected chi connectivity index (χ0v) is 7.16. The summed E-state index contributed by atoms with van der Waals surface area (Å²) in [7, 11) is 1.16. The van der Waals surface area contributed by atoms with E-state index in [1.54, 1.807) is 6.08 Å². The number of carboxylic acid groups (broad SMARTS) is 1. The summed E-state index contributed by atoms with van der Waals surface area (Å²) in [6, 6.07) is 0. The lowest BCUT2D eigenvalue weighted by molar-refractivity contribution is -0.135. The fourth-order valence-corrected chi connectivity index (χ4v) is 0.220. The van der Waals surface area contributed by atoms with Gasteiger partial charge in [-0.15, -0.1) is 6.58 Å². The molecule has 0 bridgehead atoms. The first kappa shape index (κ1) is 13.1. The summed E-state index contributed by atoms with van der Waals surface area (Å²) in [5.74, 6) is -1.10. The maximum atomic E-state index is 10.1. The summed E-state index contributed by atoms with van der Waals surface area (Å²) in [5, 5.41) is 9.96. The van der Waals surface area contributed by atoms with Gasteiger partial charge in [0.2, 0.25) is 0 Å². The number of hydrogen-bond acceptors (Lipinski definition) is 3. The van der Waals surface area contributed by atoms with Crippen LogP contribution in [0.1, 0.15) is 6.92 Å². The summed E-state index contributed by atoms with van der Waals surface area (Å²) < 4.78 is 4.09. The van der Waals surface area contributed by atoms with Gasteiger partial charge < -0.3 is 15.2 Å². The number of nitrogens with one attached hydrogen (secondary N) is 1. The van der Waals surface area contributed by atoms with Crippen LogP contribution in [-0.4, -0.2) is 30.8 Å². The average Bonchev–Trinajstić information content (AvgIpc) is 2.01. The molecule has 0 saturated carbocycles. The topological polar surface area (TPSA) is 75.6 Å². The van der Waals surface area contributed by atoms with Gasteiger partial charge in [-0.05, 0) is 6.92 Å². The SMILES string of the molecule is C=CC.COC(=O)NCC(=O)O. The number of allylic oxidation sites excluding steroid dienone is 1. The first-order chi connectivity index (χ1) is 5.58. The molecule has 0 spiro atoms. The smallest absolute Gasteiger partial charge is 0.407 e. The molecule has 0 fully saturated rings. The molecule has 0 rings (SSSR count). The van der Waals surface area contributed by atoms with Gasteiger partial charge in [0.1, 0.15) is 6.54 Å². The molecule has 0 saturated heterocycles. The van der Waals surface area contributed by atoms with E-state index in [9.17, 15) is 9.59 Å². The standard InChI is InChI=1S/C4H7NO4.C3H6/c1-9-4(8)5-2-3(6)7;1-3-2/h2H2,1H3,(H,5,8)(H,6,7);3H,1H2,2H3. The van der Waals surface area contributed by atoms with E-state index in [1.807, 2.05) is 12.2 Å². The minimum absolute atomic E-state index is 0.410. The monoisotopic (exact) mass is 175 g/mol. The van der Waals surface area contributed by atoms with Gasteiger partial charge in [0, 0.05) is 0 Å². The first-order valence-corrected chi connectivity index (χ1v) is 3.19. The molecular formula is C7H13NO4. The summed E-state index contributed by atoms with van der Waals surface area (Å²) in [4.78, 5) is 19.9. The molecule has 0 aromatic carbocycles. The maximum absolute atomic E-state index is 10.1. The molecule has 0 aliphatic carbocycles. The van der Waals surface area contributed by atoms with Gasteiger partial charge in [0.05, 0.1) is 7.11 Å². The number of carboxylic acids is 1. The number of ether oxygens (including phenoxy) is 1. The summed E-state index contributed by atoms with van der Waals surface area (Å²) in [5.41, 5.74) is 0. The van der Waals surface area contributed by atoms with Crippen LogP contribution in [0.4, 0.5) is 4.79 Å². The van der Waals surface area contributed by atoms with E-state index >= 15 is 0 Å². The highest BCUT2D eigenvalue weighted by atomic mass is 16.5. The van der Waals surface area contributed by atoms with Crippen LogP contribution in [0.15, 0.2) is 12.7 Å². The molecule has 5 nitrogen and oxygen atoms in total. The zero-order chi connectivity index (χ0) is 9.98. The number of rotatable bonds is 2. The number of hydrogen-bond donors (Lipinski definition) is 2. The predicted octanol–water partition coefficient (Wildman–Crippen LogP) is 0.619. The van der Waals surface area contributed by atoms with Gasteiger partial charge in [-0.3, -0.25) is 4.79 Å². The minimum atomic E-state index is -1.10. The van der Waals surface area contributed by atoms with Gasteiger partial charge in [-0.2, -0.15) is 0 Å². The van der Waals surface area contributed by atoms with Crippen molar-refractivity contribution >= 4 is 12.1 Å². The highest BCUT2D eigenvalue weighted by molar-refractivity contribution is 5.76. The normalized spacial score (nSPS) is 7.17. The molecule has 2 N–H and O–H groups in total. The Kier molecular flexibility index (Phi) is 10.3. The lowest BCUT2D eigenvalue weighted by atomic mass is 10.7. The van der Waals surface area contributed by atoms with E-state index in [0.29, 0.717) is 0 Å². The lowest BCUT2D eigenvalue weighted by Crippen LogP contribution is -2.28. The molecule has 12 heavy (non-hydrogen) atoms. The molecule has 70 valence electrons. The summed E-state index contributed by atoms with van der Waals surface area (Å²) in [6.45, 7) is 4.84. The van der Waals surface area contributed by atoms with E-state index in [-0.39, 0.29) is 0 Å². The van der Waals surface area contributed by atoms with E-state index < -0.39 is 18.6 Å². The third-order valence-corrected chi connectivity index (χ3v) is 0.569. The van der Waals surface area contributed by atoms with E-state index in [1.165, 1.54) is 0 Å². The van der Waals surface area contributed by atoms with Gasteiger partial charge in [0.15, 0.2) is 0 Å². The second-order valence-corrected chi connectivity index (χ2v) is 1.65. The van der Waals surface area contributed by atoms with Gasteiger partial charge >= 0.3 is 12.1 Å². The molecule has 0 aromatic heterocycles. The van der Waals surface area contributed by atoms with Crippen molar-refractivity contribution in [1.82, 2.24) is 5.32 Å². The quantitative estimate of drug-likeness (QED) is 0.603. The fraction of sp³-hybridized carbons (Fsp3) is 0.429. The Morgan fingerprint density at radius 3 is 2.33 bits per heavy atom. The fourth-order valence-electron chi connectivity index (χ4n) is 0.220. The van der Waals surface area contributed by atoms with Crippen LogP contribution >= 0.6 is 0 Å². The third kappa shape index (κ3) is 15.8. The number of aliphatic carboxylic acids is 1. The minimum Gasteiger partial charge on any atom is -0.480 e. The Labute approximate surface area is 71.0 Å². The molecule has 0 aliphatic rings. The second-order valence-electron chi connectivity index (χ2n) is 1.65. The van der Waals surface area contributed by atoms with Crippen LogP contribution < -0.4 is 5.32 Å². The summed E-state index contributed by atoms with van der Waals surface area (Å²) >= 11 is 0. The Bertz CT molecular complexity index is 155.